The van der Waals surface area contributed by atoms with E-state index in [-0.39, 0.29) is 11.3 Å². The van der Waals surface area contributed by atoms with Crippen LogP contribution in [0.4, 0.5) is 17.6 Å². The largest absolute Gasteiger partial charge is 0.496 e. The molecule has 0 saturated heterocycles. The van der Waals surface area contributed by atoms with Crippen LogP contribution in [0.1, 0.15) is 11.5 Å². The van der Waals surface area contributed by atoms with E-state index in [1.165, 1.54) is 7.11 Å². The van der Waals surface area contributed by atoms with Gasteiger partial charge in [0.05, 0.1) is 13.0 Å². The molecule has 0 bridgehead atoms. The predicted molar refractivity (Wildman–Crippen MR) is 50.8 cm³/mol. The second-order valence-corrected chi connectivity index (χ2v) is 3.22. The second-order valence-electron chi connectivity index (χ2n) is 3.22. The fourth-order valence-corrected chi connectivity index (χ4v) is 1.41. The monoisotopic (exact) mass is 237 g/mol. The predicted octanol–water partition coefficient (Wildman–Crippen LogP) is 2.44. The molecule has 0 amide bonds. The summed E-state index contributed by atoms with van der Waals surface area (Å²) in [6, 6.07) is 2.90. The Morgan fingerprint density at radius 3 is 2.44 bits per heavy atom. The zero-order valence-corrected chi connectivity index (χ0v) is 8.51. The Morgan fingerprint density at radius 2 is 2.00 bits per heavy atom. The van der Waals surface area contributed by atoms with Crippen molar-refractivity contribution < 1.29 is 22.3 Å². The molecule has 1 atom stereocenters. The van der Waals surface area contributed by atoms with Gasteiger partial charge in [-0.2, -0.15) is 13.2 Å². The molecule has 1 rings (SSSR count). The number of hydrogen-bond acceptors (Lipinski definition) is 2. The lowest BCUT2D eigenvalue weighted by molar-refractivity contribution is -0.148. The van der Waals surface area contributed by atoms with Crippen molar-refractivity contribution in [1.82, 2.24) is 0 Å². The Balaban J connectivity index is 3.20. The van der Waals surface area contributed by atoms with Crippen molar-refractivity contribution in [2.75, 3.05) is 13.7 Å². The van der Waals surface area contributed by atoms with Gasteiger partial charge < -0.3 is 10.5 Å². The van der Waals surface area contributed by atoms with Gasteiger partial charge in [0.25, 0.3) is 0 Å². The first-order chi connectivity index (χ1) is 7.40. The number of halogens is 4. The van der Waals surface area contributed by atoms with E-state index in [0.717, 1.165) is 18.2 Å². The average Bonchev–Trinajstić information content (AvgIpc) is 2.19. The van der Waals surface area contributed by atoms with Crippen molar-refractivity contribution in [3.63, 3.8) is 0 Å². The van der Waals surface area contributed by atoms with Gasteiger partial charge in [-0.25, -0.2) is 4.39 Å². The average molecular weight is 237 g/mol. The maximum absolute atomic E-state index is 12.8. The summed E-state index contributed by atoms with van der Waals surface area (Å²) in [7, 11) is 1.18. The smallest absolute Gasteiger partial charge is 0.397 e. The highest BCUT2D eigenvalue weighted by Gasteiger charge is 2.41. The third kappa shape index (κ3) is 2.63. The van der Waals surface area contributed by atoms with Crippen molar-refractivity contribution in [2.24, 2.45) is 5.73 Å². The SMILES string of the molecule is COc1cc(F)ccc1C(CN)C(F)(F)F. The molecule has 90 valence electrons. The lowest BCUT2D eigenvalue weighted by Crippen LogP contribution is -2.28. The lowest BCUT2D eigenvalue weighted by Gasteiger charge is -2.20. The number of ether oxygens (including phenoxy) is 1. The zero-order valence-electron chi connectivity index (χ0n) is 8.51. The highest BCUT2D eigenvalue weighted by Crippen LogP contribution is 2.38. The molecule has 0 aliphatic rings. The molecule has 0 aromatic heterocycles. The van der Waals surface area contributed by atoms with Crippen molar-refractivity contribution in [3.8, 4) is 5.75 Å². The van der Waals surface area contributed by atoms with Gasteiger partial charge in [0, 0.05) is 18.2 Å². The van der Waals surface area contributed by atoms with Crippen LogP contribution in [-0.2, 0) is 0 Å². The molecule has 6 heteroatoms. The van der Waals surface area contributed by atoms with Gasteiger partial charge in [-0.3, -0.25) is 0 Å². The summed E-state index contributed by atoms with van der Waals surface area (Å²) >= 11 is 0. The summed E-state index contributed by atoms with van der Waals surface area (Å²) in [6.07, 6.45) is -4.47. The molecule has 2 N–H and O–H groups in total. The third-order valence-corrected chi connectivity index (χ3v) is 2.20. The Kier molecular flexibility index (Phi) is 3.74. The van der Waals surface area contributed by atoms with Crippen LogP contribution in [0.2, 0.25) is 0 Å². The van der Waals surface area contributed by atoms with Gasteiger partial charge in [-0.05, 0) is 6.07 Å². The summed E-state index contributed by atoms with van der Waals surface area (Å²) in [4.78, 5) is 0. The molecule has 0 aliphatic heterocycles. The molecule has 0 fully saturated rings. The Bertz CT molecular complexity index is 364. The van der Waals surface area contributed by atoms with Crippen LogP contribution in [0.3, 0.4) is 0 Å². The number of nitrogens with two attached hydrogens (primary N) is 1. The molecule has 0 heterocycles. The Hall–Kier alpha value is -1.30. The lowest BCUT2D eigenvalue weighted by atomic mass is 9.97. The van der Waals surface area contributed by atoms with E-state index in [9.17, 15) is 17.6 Å². The standard InChI is InChI=1S/C10H11F4NO/c1-16-9-4-6(11)2-3-7(9)8(5-15)10(12,13)14/h2-4,8H,5,15H2,1H3. The first kappa shape index (κ1) is 12.8. The topological polar surface area (TPSA) is 35.2 Å². The minimum atomic E-state index is -4.47. The van der Waals surface area contributed by atoms with Crippen LogP contribution >= 0.6 is 0 Å². The number of alkyl halides is 3. The van der Waals surface area contributed by atoms with Crippen LogP contribution in [0.15, 0.2) is 18.2 Å². The number of rotatable bonds is 3. The second kappa shape index (κ2) is 4.69. The third-order valence-electron chi connectivity index (χ3n) is 2.20. The fourth-order valence-electron chi connectivity index (χ4n) is 1.41. The quantitative estimate of drug-likeness (QED) is 0.819. The zero-order chi connectivity index (χ0) is 12.3. The summed E-state index contributed by atoms with van der Waals surface area (Å²) in [5.74, 6) is -2.64. The van der Waals surface area contributed by atoms with Crippen LogP contribution in [0, 0.1) is 5.82 Å². The van der Waals surface area contributed by atoms with Crippen molar-refractivity contribution in [2.45, 2.75) is 12.1 Å². The van der Waals surface area contributed by atoms with Crippen LogP contribution < -0.4 is 10.5 Å². The van der Waals surface area contributed by atoms with Crippen LogP contribution in [0.25, 0.3) is 0 Å². The van der Waals surface area contributed by atoms with E-state index in [1.54, 1.807) is 0 Å². The Morgan fingerprint density at radius 1 is 1.38 bits per heavy atom. The highest BCUT2D eigenvalue weighted by molar-refractivity contribution is 5.38. The van der Waals surface area contributed by atoms with Gasteiger partial charge in [0.1, 0.15) is 11.6 Å². The van der Waals surface area contributed by atoms with Gasteiger partial charge in [-0.1, -0.05) is 6.07 Å². The van der Waals surface area contributed by atoms with Crippen molar-refractivity contribution >= 4 is 0 Å². The van der Waals surface area contributed by atoms with E-state index >= 15 is 0 Å². The number of hydrogen-bond donors (Lipinski definition) is 1. The van der Waals surface area contributed by atoms with Gasteiger partial charge in [0.15, 0.2) is 0 Å². The minimum absolute atomic E-state index is 0.146. The van der Waals surface area contributed by atoms with Crippen molar-refractivity contribution in [1.29, 1.82) is 0 Å². The first-order valence-electron chi connectivity index (χ1n) is 4.50. The molecule has 0 saturated carbocycles. The van der Waals surface area contributed by atoms with E-state index in [0.29, 0.717) is 0 Å². The Labute approximate surface area is 90.0 Å². The van der Waals surface area contributed by atoms with Crippen molar-refractivity contribution in [3.05, 3.63) is 29.6 Å². The van der Waals surface area contributed by atoms with E-state index in [1.807, 2.05) is 0 Å². The molecule has 0 radical (unpaired) electrons. The molecule has 2 nitrogen and oxygen atoms in total. The van der Waals surface area contributed by atoms with E-state index in [2.05, 4.69) is 0 Å². The summed E-state index contributed by atoms with van der Waals surface area (Å²) in [5, 5.41) is 0. The molecular weight excluding hydrogens is 226 g/mol. The van der Waals surface area contributed by atoms with Gasteiger partial charge in [0.2, 0.25) is 0 Å². The van der Waals surface area contributed by atoms with E-state index in [4.69, 9.17) is 10.5 Å². The summed E-state index contributed by atoms with van der Waals surface area (Å²) < 4.78 is 55.3. The maximum Gasteiger partial charge on any atom is 0.397 e. The first-order valence-corrected chi connectivity index (χ1v) is 4.50. The number of methoxy groups -OCH3 is 1. The van der Waals surface area contributed by atoms with Gasteiger partial charge in [-0.15, -0.1) is 0 Å². The number of benzene rings is 1. The summed E-state index contributed by atoms with van der Waals surface area (Å²) in [5.41, 5.74) is 4.93. The van der Waals surface area contributed by atoms with Crippen LogP contribution in [0.5, 0.6) is 5.75 Å². The highest BCUT2D eigenvalue weighted by atomic mass is 19.4. The summed E-state index contributed by atoms with van der Waals surface area (Å²) in [6.45, 7) is -0.606. The molecule has 1 aromatic rings. The normalized spacial score (nSPS) is 13.6. The van der Waals surface area contributed by atoms with E-state index < -0.39 is 24.5 Å². The molecule has 0 spiro atoms. The van der Waals surface area contributed by atoms with Gasteiger partial charge >= 0.3 is 6.18 Å². The molecule has 0 aliphatic carbocycles. The maximum atomic E-state index is 12.8. The molecule has 16 heavy (non-hydrogen) atoms. The molecule has 1 unspecified atom stereocenters. The van der Waals surface area contributed by atoms with Crippen LogP contribution in [-0.4, -0.2) is 19.8 Å². The fraction of sp³-hybridized carbons (Fsp3) is 0.400. The molecular formula is C10H11F4NO. The molecule has 1 aromatic carbocycles. The minimum Gasteiger partial charge on any atom is -0.496 e.